The van der Waals surface area contributed by atoms with Crippen LogP contribution in [0, 0.1) is 5.92 Å². The van der Waals surface area contributed by atoms with Crippen molar-refractivity contribution in [1.29, 1.82) is 0 Å². The lowest BCUT2D eigenvalue weighted by Gasteiger charge is -2.03. The van der Waals surface area contributed by atoms with Gasteiger partial charge in [0.15, 0.2) is 0 Å². The molecule has 1 nitrogen and oxygen atoms in total. The lowest BCUT2D eigenvalue weighted by atomic mass is 10.0. The van der Waals surface area contributed by atoms with E-state index in [4.69, 9.17) is 4.74 Å². The maximum absolute atomic E-state index is 5.15. The molecular weight excluding hydrogens is 148 g/mol. The van der Waals surface area contributed by atoms with Crippen LogP contribution in [0.15, 0.2) is 0 Å². The van der Waals surface area contributed by atoms with Crippen LogP contribution in [0.4, 0.5) is 0 Å². The molecule has 0 aromatic carbocycles. The zero-order valence-electron chi connectivity index (χ0n) is 8.51. The van der Waals surface area contributed by atoms with Crippen LogP contribution in [-0.2, 0) is 4.74 Å². The first-order chi connectivity index (χ1) is 5.79. The molecular formula is C11H22O. The van der Waals surface area contributed by atoms with E-state index in [0.29, 0.717) is 6.10 Å². The molecule has 1 atom stereocenters. The summed E-state index contributed by atoms with van der Waals surface area (Å²) in [7, 11) is 0. The summed E-state index contributed by atoms with van der Waals surface area (Å²) in [5.74, 6) is 0.886. The molecule has 1 heterocycles. The molecule has 1 rings (SSSR count). The Hall–Kier alpha value is -0.0400. The number of ether oxygens (including phenoxy) is 1. The third-order valence-electron chi connectivity index (χ3n) is 2.46. The highest BCUT2D eigenvalue weighted by atomic mass is 16.6. The smallest absolute Gasteiger partial charge is 0.0810 e. The third-order valence-corrected chi connectivity index (χ3v) is 2.46. The molecule has 1 aliphatic heterocycles. The molecule has 0 bridgehead atoms. The fraction of sp³-hybridized carbons (Fsp3) is 1.00. The molecule has 1 aliphatic rings. The van der Waals surface area contributed by atoms with E-state index in [-0.39, 0.29) is 0 Å². The summed E-state index contributed by atoms with van der Waals surface area (Å²) in [6.45, 7) is 5.64. The van der Waals surface area contributed by atoms with Crippen molar-refractivity contribution >= 4 is 0 Å². The minimum Gasteiger partial charge on any atom is -0.373 e. The quantitative estimate of drug-likeness (QED) is 0.421. The second-order valence-electron chi connectivity index (χ2n) is 4.34. The van der Waals surface area contributed by atoms with Gasteiger partial charge in [0.2, 0.25) is 0 Å². The molecule has 0 N–H and O–H groups in total. The Morgan fingerprint density at radius 1 is 1.17 bits per heavy atom. The maximum Gasteiger partial charge on any atom is 0.0810 e. The standard InChI is InChI=1S/C11H22O/c1-10(2)7-5-3-4-6-8-11-9-12-11/h10-11H,3-9H2,1-2H3. The van der Waals surface area contributed by atoms with Gasteiger partial charge in [0.25, 0.3) is 0 Å². The van der Waals surface area contributed by atoms with Crippen LogP contribution in [0.25, 0.3) is 0 Å². The van der Waals surface area contributed by atoms with Crippen molar-refractivity contribution < 1.29 is 4.74 Å². The summed E-state index contributed by atoms with van der Waals surface area (Å²) in [6.07, 6.45) is 8.99. The van der Waals surface area contributed by atoms with E-state index in [0.717, 1.165) is 12.5 Å². The van der Waals surface area contributed by atoms with Crippen LogP contribution in [0.1, 0.15) is 52.4 Å². The minimum absolute atomic E-state index is 0.648. The normalized spacial score (nSPS) is 21.8. The minimum atomic E-state index is 0.648. The maximum atomic E-state index is 5.15. The fourth-order valence-corrected chi connectivity index (χ4v) is 1.51. The van der Waals surface area contributed by atoms with Gasteiger partial charge in [0.1, 0.15) is 0 Å². The van der Waals surface area contributed by atoms with Gasteiger partial charge in [-0.15, -0.1) is 0 Å². The zero-order chi connectivity index (χ0) is 8.81. The van der Waals surface area contributed by atoms with Crippen molar-refractivity contribution in [3.8, 4) is 0 Å². The van der Waals surface area contributed by atoms with Gasteiger partial charge < -0.3 is 4.74 Å². The predicted molar refractivity (Wildman–Crippen MR) is 52.3 cm³/mol. The topological polar surface area (TPSA) is 12.5 Å². The molecule has 1 fully saturated rings. The van der Waals surface area contributed by atoms with Gasteiger partial charge in [-0.05, 0) is 12.3 Å². The highest BCUT2D eigenvalue weighted by molar-refractivity contribution is 4.68. The first-order valence-electron chi connectivity index (χ1n) is 5.40. The summed E-state index contributed by atoms with van der Waals surface area (Å²) in [5, 5.41) is 0. The summed E-state index contributed by atoms with van der Waals surface area (Å²) >= 11 is 0. The van der Waals surface area contributed by atoms with Crippen molar-refractivity contribution in [2.24, 2.45) is 5.92 Å². The Morgan fingerprint density at radius 2 is 1.83 bits per heavy atom. The summed E-state index contributed by atoms with van der Waals surface area (Å²) in [4.78, 5) is 0. The molecule has 12 heavy (non-hydrogen) atoms. The Balaban J connectivity index is 1.70. The number of unbranched alkanes of at least 4 members (excludes halogenated alkanes) is 3. The zero-order valence-corrected chi connectivity index (χ0v) is 8.51. The predicted octanol–water partition coefficient (Wildman–Crippen LogP) is 3.38. The van der Waals surface area contributed by atoms with Crippen LogP contribution in [0.2, 0.25) is 0 Å². The molecule has 1 heteroatoms. The summed E-state index contributed by atoms with van der Waals surface area (Å²) in [5.41, 5.74) is 0. The second-order valence-corrected chi connectivity index (χ2v) is 4.34. The van der Waals surface area contributed by atoms with E-state index in [9.17, 15) is 0 Å². The molecule has 0 aromatic heterocycles. The molecule has 0 amide bonds. The Morgan fingerprint density at radius 3 is 2.42 bits per heavy atom. The van der Waals surface area contributed by atoms with Gasteiger partial charge in [-0.25, -0.2) is 0 Å². The van der Waals surface area contributed by atoms with Crippen LogP contribution in [0.3, 0.4) is 0 Å². The number of rotatable bonds is 7. The van der Waals surface area contributed by atoms with Crippen molar-refractivity contribution in [3.05, 3.63) is 0 Å². The van der Waals surface area contributed by atoms with E-state index < -0.39 is 0 Å². The number of epoxide rings is 1. The van der Waals surface area contributed by atoms with Crippen LogP contribution < -0.4 is 0 Å². The highest BCUT2D eigenvalue weighted by Gasteiger charge is 2.20. The average Bonchev–Trinajstić information content (AvgIpc) is 2.79. The first-order valence-corrected chi connectivity index (χ1v) is 5.40. The third kappa shape index (κ3) is 5.59. The van der Waals surface area contributed by atoms with Gasteiger partial charge in [-0.2, -0.15) is 0 Å². The van der Waals surface area contributed by atoms with E-state index >= 15 is 0 Å². The largest absolute Gasteiger partial charge is 0.373 e. The molecule has 0 radical (unpaired) electrons. The van der Waals surface area contributed by atoms with Gasteiger partial charge >= 0.3 is 0 Å². The van der Waals surface area contributed by atoms with Crippen molar-refractivity contribution in [2.75, 3.05) is 6.61 Å². The van der Waals surface area contributed by atoms with E-state index in [1.54, 1.807) is 0 Å². The van der Waals surface area contributed by atoms with Gasteiger partial charge in [-0.3, -0.25) is 0 Å². The van der Waals surface area contributed by atoms with Crippen LogP contribution in [-0.4, -0.2) is 12.7 Å². The van der Waals surface area contributed by atoms with Crippen molar-refractivity contribution in [1.82, 2.24) is 0 Å². The molecule has 0 spiro atoms. The highest BCUT2D eigenvalue weighted by Crippen LogP contribution is 2.18. The summed E-state index contributed by atoms with van der Waals surface area (Å²) < 4.78 is 5.15. The Labute approximate surface area is 76.5 Å². The first kappa shape index (κ1) is 10.0. The van der Waals surface area contributed by atoms with E-state index in [1.165, 1.54) is 38.5 Å². The van der Waals surface area contributed by atoms with Crippen molar-refractivity contribution in [3.63, 3.8) is 0 Å². The number of hydrogen-bond donors (Lipinski definition) is 0. The van der Waals surface area contributed by atoms with E-state index in [2.05, 4.69) is 13.8 Å². The molecule has 0 aliphatic carbocycles. The number of hydrogen-bond acceptors (Lipinski definition) is 1. The second kappa shape index (κ2) is 5.58. The monoisotopic (exact) mass is 170 g/mol. The molecule has 0 saturated carbocycles. The molecule has 1 saturated heterocycles. The molecule has 72 valence electrons. The van der Waals surface area contributed by atoms with E-state index in [1.807, 2.05) is 0 Å². The lowest BCUT2D eigenvalue weighted by Crippen LogP contribution is -1.88. The van der Waals surface area contributed by atoms with Crippen LogP contribution >= 0.6 is 0 Å². The summed E-state index contributed by atoms with van der Waals surface area (Å²) in [6, 6.07) is 0. The molecule has 0 aromatic rings. The van der Waals surface area contributed by atoms with Crippen molar-refractivity contribution in [2.45, 2.75) is 58.5 Å². The fourth-order valence-electron chi connectivity index (χ4n) is 1.51. The lowest BCUT2D eigenvalue weighted by molar-refractivity contribution is 0.386. The van der Waals surface area contributed by atoms with Gasteiger partial charge in [-0.1, -0.05) is 46.0 Å². The Kier molecular flexibility index (Phi) is 4.67. The van der Waals surface area contributed by atoms with Crippen LogP contribution in [0.5, 0.6) is 0 Å². The SMILES string of the molecule is CC(C)CCCCCCC1CO1. The van der Waals surface area contributed by atoms with Gasteiger partial charge in [0, 0.05) is 0 Å². The van der Waals surface area contributed by atoms with Gasteiger partial charge in [0.05, 0.1) is 12.7 Å². The Bertz CT molecular complexity index is 99.6. The molecule has 1 unspecified atom stereocenters. The average molecular weight is 170 g/mol.